The summed E-state index contributed by atoms with van der Waals surface area (Å²) in [6.07, 6.45) is 0. The summed E-state index contributed by atoms with van der Waals surface area (Å²) in [4.78, 5) is 14.4. The fourth-order valence-corrected chi connectivity index (χ4v) is 2.93. The Labute approximate surface area is 137 Å². The van der Waals surface area contributed by atoms with Crippen LogP contribution in [-0.4, -0.2) is 36.5 Å². The van der Waals surface area contributed by atoms with E-state index in [4.69, 9.17) is 4.42 Å². The average Bonchev–Trinajstić information content (AvgIpc) is 3.04. The number of furan rings is 1. The van der Waals surface area contributed by atoms with Crippen molar-refractivity contribution in [2.75, 3.05) is 19.6 Å². The second-order valence-corrected chi connectivity index (χ2v) is 6.55. The third-order valence-electron chi connectivity index (χ3n) is 4.31. The summed E-state index contributed by atoms with van der Waals surface area (Å²) in [6.45, 7) is 8.70. The Balaban J connectivity index is 1.80. The molecule has 1 aromatic heterocycles. The molecule has 1 aliphatic rings. The highest BCUT2D eigenvalue weighted by molar-refractivity contribution is 5.92. The van der Waals surface area contributed by atoms with Gasteiger partial charge in [0, 0.05) is 31.2 Å². The van der Waals surface area contributed by atoms with Crippen LogP contribution in [0.15, 0.2) is 40.8 Å². The third-order valence-corrected chi connectivity index (χ3v) is 4.31. The molecule has 0 bridgehead atoms. The Morgan fingerprint density at radius 2 is 2.13 bits per heavy atom. The summed E-state index contributed by atoms with van der Waals surface area (Å²) in [5, 5.41) is 3.34. The fourth-order valence-electron chi connectivity index (χ4n) is 2.93. The lowest BCUT2D eigenvalue weighted by Gasteiger charge is -2.31. The van der Waals surface area contributed by atoms with Gasteiger partial charge in [0.25, 0.3) is 5.91 Å². The molecule has 2 aromatic rings. The summed E-state index contributed by atoms with van der Waals surface area (Å²) in [5.74, 6) is 1.61. The number of carbonyl (C=O) groups excluding carboxylic acids is 1. The van der Waals surface area contributed by atoms with Crippen molar-refractivity contribution in [3.8, 4) is 11.3 Å². The molecule has 1 aromatic carbocycles. The van der Waals surface area contributed by atoms with E-state index >= 15 is 0 Å². The second-order valence-electron chi connectivity index (χ2n) is 6.55. The molecule has 1 saturated heterocycles. The van der Waals surface area contributed by atoms with Gasteiger partial charge in [-0.05, 0) is 36.6 Å². The van der Waals surface area contributed by atoms with E-state index in [1.54, 1.807) is 6.07 Å². The molecule has 0 radical (unpaired) electrons. The van der Waals surface area contributed by atoms with Crippen LogP contribution < -0.4 is 5.32 Å². The number of rotatable bonds is 3. The molecule has 1 amide bonds. The molecule has 0 aliphatic carbocycles. The van der Waals surface area contributed by atoms with Crippen molar-refractivity contribution in [2.24, 2.45) is 0 Å². The monoisotopic (exact) mass is 312 g/mol. The maximum atomic E-state index is 12.6. The molecule has 1 fully saturated rings. The summed E-state index contributed by atoms with van der Waals surface area (Å²) >= 11 is 0. The number of hydrogen-bond donors (Lipinski definition) is 1. The van der Waals surface area contributed by atoms with Crippen LogP contribution in [0.5, 0.6) is 0 Å². The van der Waals surface area contributed by atoms with Gasteiger partial charge in [-0.25, -0.2) is 0 Å². The zero-order chi connectivity index (χ0) is 16.4. The van der Waals surface area contributed by atoms with E-state index in [1.807, 2.05) is 23.1 Å². The van der Waals surface area contributed by atoms with E-state index in [9.17, 15) is 4.79 Å². The van der Waals surface area contributed by atoms with Crippen molar-refractivity contribution in [3.05, 3.63) is 47.7 Å². The van der Waals surface area contributed by atoms with E-state index in [0.29, 0.717) is 17.7 Å². The molecule has 0 spiro atoms. The quantitative estimate of drug-likeness (QED) is 0.943. The van der Waals surface area contributed by atoms with Crippen molar-refractivity contribution in [1.29, 1.82) is 0 Å². The minimum Gasteiger partial charge on any atom is -0.451 e. The standard InChI is InChI=1S/C19H24N2O2/c1-13(2)15-5-4-6-16(11-15)17-7-8-18(23-17)19(22)21-10-9-20-14(3)12-21/h4-8,11,13-14,20H,9-10,12H2,1-3H3/t14-/m1/s1. The van der Waals surface area contributed by atoms with E-state index in [-0.39, 0.29) is 5.91 Å². The van der Waals surface area contributed by atoms with Gasteiger partial charge in [-0.2, -0.15) is 0 Å². The van der Waals surface area contributed by atoms with Crippen LogP contribution in [0.25, 0.3) is 11.3 Å². The number of carbonyl (C=O) groups is 1. The average molecular weight is 312 g/mol. The lowest BCUT2D eigenvalue weighted by atomic mass is 10.0. The predicted octanol–water partition coefficient (Wildman–Crippen LogP) is 3.50. The molecule has 122 valence electrons. The first-order chi connectivity index (χ1) is 11.0. The maximum absolute atomic E-state index is 12.6. The Morgan fingerprint density at radius 1 is 1.30 bits per heavy atom. The highest BCUT2D eigenvalue weighted by Gasteiger charge is 2.24. The van der Waals surface area contributed by atoms with Gasteiger partial charge in [-0.3, -0.25) is 4.79 Å². The van der Waals surface area contributed by atoms with E-state index < -0.39 is 0 Å². The molecule has 1 aliphatic heterocycles. The second kappa shape index (κ2) is 6.59. The molecule has 1 N–H and O–H groups in total. The van der Waals surface area contributed by atoms with Gasteiger partial charge in [0.1, 0.15) is 5.76 Å². The molecular weight excluding hydrogens is 288 g/mol. The van der Waals surface area contributed by atoms with Crippen LogP contribution in [0.4, 0.5) is 0 Å². The van der Waals surface area contributed by atoms with Crippen molar-refractivity contribution >= 4 is 5.91 Å². The van der Waals surface area contributed by atoms with Gasteiger partial charge >= 0.3 is 0 Å². The Morgan fingerprint density at radius 3 is 2.87 bits per heavy atom. The molecule has 3 rings (SSSR count). The summed E-state index contributed by atoms with van der Waals surface area (Å²) in [6, 6.07) is 12.3. The number of hydrogen-bond acceptors (Lipinski definition) is 3. The van der Waals surface area contributed by atoms with Gasteiger partial charge in [0.05, 0.1) is 0 Å². The SMILES string of the molecule is CC(C)c1cccc(-c2ccc(C(=O)N3CCN[C@H](C)C3)o2)c1. The minimum atomic E-state index is -0.0235. The number of nitrogens with zero attached hydrogens (tertiary/aromatic N) is 1. The van der Waals surface area contributed by atoms with Crippen LogP contribution in [0.1, 0.15) is 42.8 Å². The Hall–Kier alpha value is -2.07. The van der Waals surface area contributed by atoms with Crippen LogP contribution >= 0.6 is 0 Å². The van der Waals surface area contributed by atoms with Crippen molar-refractivity contribution < 1.29 is 9.21 Å². The first-order valence-corrected chi connectivity index (χ1v) is 8.27. The molecule has 1 atom stereocenters. The lowest BCUT2D eigenvalue weighted by molar-refractivity contribution is 0.0678. The van der Waals surface area contributed by atoms with Crippen molar-refractivity contribution in [3.63, 3.8) is 0 Å². The van der Waals surface area contributed by atoms with Gasteiger partial charge in [0.15, 0.2) is 5.76 Å². The molecule has 23 heavy (non-hydrogen) atoms. The number of amides is 1. The molecule has 0 unspecified atom stereocenters. The topological polar surface area (TPSA) is 45.5 Å². The van der Waals surface area contributed by atoms with Crippen molar-refractivity contribution in [2.45, 2.75) is 32.7 Å². The first kappa shape index (κ1) is 15.8. The molecule has 4 heteroatoms. The predicted molar refractivity (Wildman–Crippen MR) is 91.6 cm³/mol. The highest BCUT2D eigenvalue weighted by atomic mass is 16.4. The third kappa shape index (κ3) is 3.48. The van der Waals surface area contributed by atoms with Gasteiger partial charge in [0.2, 0.25) is 0 Å². The molecular formula is C19H24N2O2. The lowest BCUT2D eigenvalue weighted by Crippen LogP contribution is -2.51. The Kier molecular flexibility index (Phi) is 4.53. The van der Waals surface area contributed by atoms with Gasteiger partial charge < -0.3 is 14.6 Å². The summed E-state index contributed by atoms with van der Waals surface area (Å²) in [5.41, 5.74) is 2.28. The zero-order valence-corrected chi connectivity index (χ0v) is 14.0. The molecule has 0 saturated carbocycles. The van der Waals surface area contributed by atoms with Crippen molar-refractivity contribution in [1.82, 2.24) is 10.2 Å². The van der Waals surface area contributed by atoms with E-state index in [2.05, 4.69) is 38.2 Å². The maximum Gasteiger partial charge on any atom is 0.289 e. The smallest absolute Gasteiger partial charge is 0.289 e. The minimum absolute atomic E-state index is 0.0235. The molecule has 2 heterocycles. The van der Waals surface area contributed by atoms with Crippen LogP contribution in [0, 0.1) is 0 Å². The normalized spacial score (nSPS) is 18.4. The van der Waals surface area contributed by atoms with Crippen LogP contribution in [-0.2, 0) is 0 Å². The Bertz CT molecular complexity index is 690. The fraction of sp³-hybridized carbons (Fsp3) is 0.421. The first-order valence-electron chi connectivity index (χ1n) is 8.27. The molecule has 4 nitrogen and oxygen atoms in total. The number of benzene rings is 1. The number of piperazine rings is 1. The summed E-state index contributed by atoms with van der Waals surface area (Å²) in [7, 11) is 0. The van der Waals surface area contributed by atoms with Crippen LogP contribution in [0.2, 0.25) is 0 Å². The van der Waals surface area contributed by atoms with Gasteiger partial charge in [-0.15, -0.1) is 0 Å². The summed E-state index contributed by atoms with van der Waals surface area (Å²) < 4.78 is 5.84. The zero-order valence-electron chi connectivity index (χ0n) is 14.0. The van der Waals surface area contributed by atoms with Gasteiger partial charge in [-0.1, -0.05) is 32.0 Å². The van der Waals surface area contributed by atoms with E-state index in [0.717, 1.165) is 31.0 Å². The largest absolute Gasteiger partial charge is 0.451 e. The van der Waals surface area contributed by atoms with Crippen LogP contribution in [0.3, 0.4) is 0 Å². The number of nitrogens with one attached hydrogen (secondary N) is 1. The van der Waals surface area contributed by atoms with E-state index in [1.165, 1.54) is 5.56 Å². The highest BCUT2D eigenvalue weighted by Crippen LogP contribution is 2.26.